The van der Waals surface area contributed by atoms with Crippen molar-refractivity contribution in [3.63, 3.8) is 0 Å². The molecule has 0 saturated carbocycles. The molecule has 96 valence electrons. The van der Waals surface area contributed by atoms with E-state index < -0.39 is 12.2 Å². The van der Waals surface area contributed by atoms with Crippen molar-refractivity contribution in [2.75, 3.05) is 6.54 Å². The molecule has 0 aromatic heterocycles. The smallest absolute Gasteiger partial charge is 0.343 e. The molecule has 5 N–H and O–H groups in total. The van der Waals surface area contributed by atoms with E-state index in [2.05, 4.69) is 6.92 Å². The Morgan fingerprint density at radius 2 is 2.00 bits per heavy atom. The van der Waals surface area contributed by atoms with Gasteiger partial charge in [0.25, 0.3) is 0 Å². The van der Waals surface area contributed by atoms with Gasteiger partial charge in [0.05, 0.1) is 6.10 Å². The molecule has 1 aromatic rings. The zero-order valence-corrected chi connectivity index (χ0v) is 9.80. The van der Waals surface area contributed by atoms with Gasteiger partial charge < -0.3 is 20.4 Å². The van der Waals surface area contributed by atoms with Crippen LogP contribution in [0.4, 0.5) is 0 Å². The van der Waals surface area contributed by atoms with E-state index in [1.54, 1.807) is 6.07 Å². The van der Waals surface area contributed by atoms with Crippen molar-refractivity contribution in [1.82, 2.24) is 5.32 Å². The first-order valence-corrected chi connectivity index (χ1v) is 5.61. The lowest BCUT2D eigenvalue weighted by Gasteiger charge is -2.19. The number of hydrogen-bond donors (Lipinski definition) is 5. The summed E-state index contributed by atoms with van der Waals surface area (Å²) in [7, 11) is 0. The van der Waals surface area contributed by atoms with Gasteiger partial charge in [0.1, 0.15) is 0 Å². The van der Waals surface area contributed by atoms with Crippen LogP contribution in [0.25, 0.3) is 0 Å². The van der Waals surface area contributed by atoms with Gasteiger partial charge in [-0.05, 0) is 17.5 Å². The maximum Gasteiger partial charge on any atom is 0.343 e. The lowest BCUT2D eigenvalue weighted by molar-refractivity contribution is -0.332. The van der Waals surface area contributed by atoms with Gasteiger partial charge in [-0.2, -0.15) is 0 Å². The SMILES string of the molecule is CCCc1cccc(C(O)CNC(O)(O)O)c1. The fourth-order valence-electron chi connectivity index (χ4n) is 1.60. The average Bonchev–Trinajstić information content (AvgIpc) is 2.26. The van der Waals surface area contributed by atoms with Crippen LogP contribution in [0.15, 0.2) is 24.3 Å². The molecule has 0 aliphatic rings. The third-order valence-corrected chi connectivity index (χ3v) is 2.41. The Balaban J connectivity index is 2.62. The Kier molecular flexibility index (Phi) is 5.04. The lowest BCUT2D eigenvalue weighted by Crippen LogP contribution is -2.46. The maximum atomic E-state index is 9.78. The van der Waals surface area contributed by atoms with Crippen LogP contribution in [0.2, 0.25) is 0 Å². The Labute approximate surface area is 100 Å². The summed E-state index contributed by atoms with van der Waals surface area (Å²) in [5.41, 5.74) is 1.79. The molecule has 0 radical (unpaired) electrons. The Morgan fingerprint density at radius 3 is 2.59 bits per heavy atom. The Hall–Kier alpha value is -0.980. The topological polar surface area (TPSA) is 93.0 Å². The fourth-order valence-corrected chi connectivity index (χ4v) is 1.60. The van der Waals surface area contributed by atoms with Gasteiger partial charge in [-0.3, -0.25) is 0 Å². The summed E-state index contributed by atoms with van der Waals surface area (Å²) >= 11 is 0. The van der Waals surface area contributed by atoms with E-state index in [9.17, 15) is 5.11 Å². The zero-order valence-electron chi connectivity index (χ0n) is 9.80. The Bertz CT molecular complexity index is 349. The number of benzene rings is 1. The van der Waals surface area contributed by atoms with Gasteiger partial charge in [-0.1, -0.05) is 37.6 Å². The van der Waals surface area contributed by atoms with E-state index in [1.165, 1.54) is 0 Å². The first kappa shape index (κ1) is 14.1. The molecule has 17 heavy (non-hydrogen) atoms. The number of aliphatic hydroxyl groups is 4. The molecule has 0 bridgehead atoms. The van der Waals surface area contributed by atoms with Gasteiger partial charge >= 0.3 is 6.10 Å². The van der Waals surface area contributed by atoms with Crippen molar-refractivity contribution >= 4 is 0 Å². The molecule has 0 amide bonds. The molecule has 1 rings (SSSR count). The normalized spacial score (nSPS) is 13.7. The third kappa shape index (κ3) is 5.25. The molecule has 5 nitrogen and oxygen atoms in total. The van der Waals surface area contributed by atoms with Crippen molar-refractivity contribution < 1.29 is 20.4 Å². The van der Waals surface area contributed by atoms with E-state index in [0.29, 0.717) is 5.56 Å². The minimum Gasteiger partial charge on any atom is -0.387 e. The van der Waals surface area contributed by atoms with Crippen LogP contribution in [0.5, 0.6) is 0 Å². The minimum atomic E-state index is -2.96. The predicted molar refractivity (Wildman–Crippen MR) is 62.8 cm³/mol. The Morgan fingerprint density at radius 1 is 1.29 bits per heavy atom. The first-order valence-electron chi connectivity index (χ1n) is 5.61. The van der Waals surface area contributed by atoms with E-state index in [-0.39, 0.29) is 6.54 Å². The van der Waals surface area contributed by atoms with Gasteiger partial charge in [0, 0.05) is 6.54 Å². The predicted octanol–water partition coefficient (Wildman–Crippen LogP) is -0.150. The van der Waals surface area contributed by atoms with Crippen molar-refractivity contribution in [3.8, 4) is 0 Å². The van der Waals surface area contributed by atoms with E-state index >= 15 is 0 Å². The summed E-state index contributed by atoms with van der Waals surface area (Å²) in [5, 5.41) is 37.7. The highest BCUT2D eigenvalue weighted by atomic mass is 16.7. The second kappa shape index (κ2) is 6.09. The summed E-state index contributed by atoms with van der Waals surface area (Å²) in [6, 6.07) is 7.43. The number of hydrogen-bond acceptors (Lipinski definition) is 5. The van der Waals surface area contributed by atoms with Crippen LogP contribution in [0.1, 0.15) is 30.6 Å². The molecule has 5 heteroatoms. The molecule has 0 fully saturated rings. The molecular weight excluding hydrogens is 222 g/mol. The van der Waals surface area contributed by atoms with Gasteiger partial charge in [0.2, 0.25) is 0 Å². The number of aliphatic hydroxyl groups excluding tert-OH is 1. The van der Waals surface area contributed by atoms with E-state index in [1.807, 2.05) is 23.5 Å². The molecule has 0 aliphatic carbocycles. The van der Waals surface area contributed by atoms with Crippen molar-refractivity contribution in [3.05, 3.63) is 35.4 Å². The van der Waals surface area contributed by atoms with Gasteiger partial charge in [0.15, 0.2) is 0 Å². The molecule has 1 atom stereocenters. The van der Waals surface area contributed by atoms with E-state index in [0.717, 1.165) is 18.4 Å². The number of nitrogens with one attached hydrogen (secondary N) is 1. The van der Waals surface area contributed by atoms with Crippen molar-refractivity contribution in [2.24, 2.45) is 0 Å². The standard InChI is InChI=1S/C12H19NO4/c1-2-4-9-5-3-6-10(7-9)11(14)8-13-12(15,16)17/h3,5-7,11,13-17H,2,4,8H2,1H3. The maximum absolute atomic E-state index is 9.78. The molecule has 0 heterocycles. The largest absolute Gasteiger partial charge is 0.387 e. The minimum absolute atomic E-state index is 0.154. The summed E-state index contributed by atoms with van der Waals surface area (Å²) in [4.78, 5) is 0. The van der Waals surface area contributed by atoms with Crippen LogP contribution < -0.4 is 5.32 Å². The second-order valence-electron chi connectivity index (χ2n) is 4.03. The van der Waals surface area contributed by atoms with Gasteiger partial charge in [-0.15, -0.1) is 0 Å². The molecule has 0 spiro atoms. The second-order valence-corrected chi connectivity index (χ2v) is 4.03. The highest BCUT2D eigenvalue weighted by Crippen LogP contribution is 2.15. The highest BCUT2D eigenvalue weighted by Gasteiger charge is 2.19. The monoisotopic (exact) mass is 241 g/mol. The zero-order chi connectivity index (χ0) is 12.9. The van der Waals surface area contributed by atoms with Crippen molar-refractivity contribution in [2.45, 2.75) is 32.0 Å². The highest BCUT2D eigenvalue weighted by molar-refractivity contribution is 5.25. The number of rotatable bonds is 6. The third-order valence-electron chi connectivity index (χ3n) is 2.41. The lowest BCUT2D eigenvalue weighted by atomic mass is 10.0. The number of aryl methyl sites for hydroxylation is 1. The fraction of sp³-hybridized carbons (Fsp3) is 0.500. The van der Waals surface area contributed by atoms with Crippen LogP contribution in [0.3, 0.4) is 0 Å². The summed E-state index contributed by atoms with van der Waals surface area (Å²) < 4.78 is 0. The average molecular weight is 241 g/mol. The summed E-state index contributed by atoms with van der Waals surface area (Å²) in [6.07, 6.45) is -1.91. The molecule has 0 saturated heterocycles. The van der Waals surface area contributed by atoms with Crippen molar-refractivity contribution in [1.29, 1.82) is 0 Å². The van der Waals surface area contributed by atoms with Crippen LogP contribution in [-0.2, 0) is 6.42 Å². The molecule has 0 aliphatic heterocycles. The summed E-state index contributed by atoms with van der Waals surface area (Å²) in [6.45, 7) is 1.92. The quantitative estimate of drug-likeness (QED) is 0.447. The van der Waals surface area contributed by atoms with Crippen LogP contribution in [0, 0.1) is 0 Å². The molecule has 1 aromatic carbocycles. The molecular formula is C12H19NO4. The van der Waals surface area contributed by atoms with Crippen LogP contribution in [-0.4, -0.2) is 33.1 Å². The first-order chi connectivity index (χ1) is 7.92. The van der Waals surface area contributed by atoms with Gasteiger partial charge in [-0.25, -0.2) is 5.32 Å². The van der Waals surface area contributed by atoms with Crippen LogP contribution >= 0.6 is 0 Å². The summed E-state index contributed by atoms with van der Waals surface area (Å²) in [5.74, 6) is 0. The molecule has 1 unspecified atom stereocenters. The van der Waals surface area contributed by atoms with E-state index in [4.69, 9.17) is 15.3 Å².